The van der Waals surface area contributed by atoms with E-state index >= 15 is 0 Å². The first-order valence-corrected chi connectivity index (χ1v) is 8.29. The molecule has 7 heteroatoms. The molecule has 1 atom stereocenters. The van der Waals surface area contributed by atoms with Crippen molar-refractivity contribution >= 4 is 17.3 Å². The number of nitro groups is 1. The fourth-order valence-electron chi connectivity index (χ4n) is 2.64. The molecule has 0 spiro atoms. The molecular formula is C19H22FN3O3. The largest absolute Gasteiger partial charge is 0.326 e. The first-order valence-electron chi connectivity index (χ1n) is 8.29. The molecule has 0 heterocycles. The Labute approximate surface area is 151 Å². The van der Waals surface area contributed by atoms with Crippen molar-refractivity contribution in [1.82, 2.24) is 4.90 Å². The summed E-state index contributed by atoms with van der Waals surface area (Å²) in [5.41, 5.74) is 1.81. The van der Waals surface area contributed by atoms with E-state index < -0.39 is 4.92 Å². The number of nitro benzene ring substituents is 1. The van der Waals surface area contributed by atoms with Crippen LogP contribution in [0.1, 0.15) is 30.5 Å². The predicted molar refractivity (Wildman–Crippen MR) is 98.5 cm³/mol. The summed E-state index contributed by atoms with van der Waals surface area (Å²) in [7, 11) is 1.89. The zero-order valence-electron chi connectivity index (χ0n) is 15.0. The third-order valence-electron chi connectivity index (χ3n) is 4.48. The molecular weight excluding hydrogens is 337 g/mol. The van der Waals surface area contributed by atoms with Crippen molar-refractivity contribution < 1.29 is 14.1 Å². The lowest BCUT2D eigenvalue weighted by atomic mass is 10.1. The van der Waals surface area contributed by atoms with Gasteiger partial charge < -0.3 is 5.32 Å². The Morgan fingerprint density at radius 1 is 1.27 bits per heavy atom. The van der Waals surface area contributed by atoms with E-state index in [1.807, 2.05) is 18.9 Å². The van der Waals surface area contributed by atoms with E-state index in [0.717, 1.165) is 5.56 Å². The van der Waals surface area contributed by atoms with Crippen LogP contribution in [-0.4, -0.2) is 29.3 Å². The molecule has 0 aliphatic rings. The fourth-order valence-corrected chi connectivity index (χ4v) is 2.64. The lowest BCUT2D eigenvalue weighted by molar-refractivity contribution is -0.385. The Bertz CT molecular complexity index is 793. The molecule has 0 aliphatic carbocycles. The Morgan fingerprint density at radius 3 is 2.54 bits per heavy atom. The number of amides is 1. The van der Waals surface area contributed by atoms with Gasteiger partial charge in [0.15, 0.2) is 0 Å². The van der Waals surface area contributed by atoms with Gasteiger partial charge in [0.2, 0.25) is 5.91 Å². The maximum Gasteiger partial charge on any atom is 0.274 e. The Morgan fingerprint density at radius 2 is 1.92 bits per heavy atom. The number of nitrogens with one attached hydrogen (secondary N) is 1. The summed E-state index contributed by atoms with van der Waals surface area (Å²) >= 11 is 0. The molecule has 0 saturated heterocycles. The van der Waals surface area contributed by atoms with Gasteiger partial charge in [-0.1, -0.05) is 18.2 Å². The highest BCUT2D eigenvalue weighted by Crippen LogP contribution is 2.25. The summed E-state index contributed by atoms with van der Waals surface area (Å²) in [6.07, 6.45) is 0.240. The predicted octanol–water partition coefficient (Wildman–Crippen LogP) is 4.06. The molecule has 0 radical (unpaired) electrons. The van der Waals surface area contributed by atoms with Crippen molar-refractivity contribution in [2.24, 2.45) is 0 Å². The monoisotopic (exact) mass is 359 g/mol. The molecule has 1 amide bonds. The van der Waals surface area contributed by atoms with Crippen molar-refractivity contribution in [3.63, 3.8) is 0 Å². The highest BCUT2D eigenvalue weighted by molar-refractivity contribution is 5.92. The number of hydrogen-bond acceptors (Lipinski definition) is 4. The first-order chi connectivity index (χ1) is 12.3. The second-order valence-electron chi connectivity index (χ2n) is 6.21. The number of rotatable bonds is 7. The van der Waals surface area contributed by atoms with E-state index in [2.05, 4.69) is 5.32 Å². The van der Waals surface area contributed by atoms with Gasteiger partial charge >= 0.3 is 0 Å². The standard InChI is InChI=1S/C19H22FN3O3/c1-13-17(5-4-6-18(13)23(25)26)21-19(24)11-12-22(3)14(2)15-7-9-16(20)10-8-15/h4-10,14H,11-12H2,1-3H3,(H,21,24). The van der Waals surface area contributed by atoms with Crippen LogP contribution in [0.15, 0.2) is 42.5 Å². The molecule has 0 saturated carbocycles. The molecule has 2 aromatic carbocycles. The Balaban J connectivity index is 1.93. The van der Waals surface area contributed by atoms with Gasteiger partial charge in [0, 0.05) is 25.1 Å². The summed E-state index contributed by atoms with van der Waals surface area (Å²) in [5, 5.41) is 13.7. The minimum Gasteiger partial charge on any atom is -0.326 e. The van der Waals surface area contributed by atoms with Gasteiger partial charge in [-0.15, -0.1) is 0 Å². The van der Waals surface area contributed by atoms with Crippen molar-refractivity contribution in [2.45, 2.75) is 26.3 Å². The Kier molecular flexibility index (Phi) is 6.41. The lowest BCUT2D eigenvalue weighted by Gasteiger charge is -2.24. The van der Waals surface area contributed by atoms with Gasteiger partial charge in [0.1, 0.15) is 5.82 Å². The van der Waals surface area contributed by atoms with Crippen LogP contribution in [0.25, 0.3) is 0 Å². The highest BCUT2D eigenvalue weighted by Gasteiger charge is 2.16. The lowest BCUT2D eigenvalue weighted by Crippen LogP contribution is -2.27. The van der Waals surface area contributed by atoms with Crippen LogP contribution in [0.5, 0.6) is 0 Å². The van der Waals surface area contributed by atoms with E-state index in [1.165, 1.54) is 18.2 Å². The zero-order valence-corrected chi connectivity index (χ0v) is 15.0. The minimum atomic E-state index is -0.469. The maximum absolute atomic E-state index is 13.0. The summed E-state index contributed by atoms with van der Waals surface area (Å²) in [5.74, 6) is -0.498. The third kappa shape index (κ3) is 4.86. The van der Waals surface area contributed by atoms with Gasteiger partial charge in [-0.2, -0.15) is 0 Å². The van der Waals surface area contributed by atoms with Crippen LogP contribution in [0.4, 0.5) is 15.8 Å². The zero-order chi connectivity index (χ0) is 19.3. The first kappa shape index (κ1) is 19.5. The summed E-state index contributed by atoms with van der Waals surface area (Å²) in [6.45, 7) is 4.09. The van der Waals surface area contributed by atoms with Crippen LogP contribution in [0, 0.1) is 22.9 Å². The van der Waals surface area contributed by atoms with E-state index in [4.69, 9.17) is 0 Å². The van der Waals surface area contributed by atoms with Gasteiger partial charge in [-0.25, -0.2) is 4.39 Å². The second-order valence-corrected chi connectivity index (χ2v) is 6.21. The van der Waals surface area contributed by atoms with Crippen molar-refractivity contribution in [2.75, 3.05) is 18.9 Å². The normalized spacial score (nSPS) is 12.0. The maximum atomic E-state index is 13.0. The van der Waals surface area contributed by atoms with Crippen molar-refractivity contribution in [3.8, 4) is 0 Å². The number of hydrogen-bond donors (Lipinski definition) is 1. The molecule has 6 nitrogen and oxygen atoms in total. The SMILES string of the molecule is Cc1c(NC(=O)CCN(C)C(C)c2ccc(F)cc2)cccc1[N+](=O)[O-]. The average molecular weight is 359 g/mol. The molecule has 26 heavy (non-hydrogen) atoms. The van der Waals surface area contributed by atoms with Crippen molar-refractivity contribution in [3.05, 3.63) is 69.5 Å². The third-order valence-corrected chi connectivity index (χ3v) is 4.48. The smallest absolute Gasteiger partial charge is 0.274 e. The van der Waals surface area contributed by atoms with Gasteiger partial charge in [-0.3, -0.25) is 19.8 Å². The molecule has 2 rings (SSSR count). The number of benzene rings is 2. The van der Waals surface area contributed by atoms with E-state index in [9.17, 15) is 19.3 Å². The summed E-state index contributed by atoms with van der Waals surface area (Å²) < 4.78 is 13.0. The molecule has 1 N–H and O–H groups in total. The number of carbonyl (C=O) groups excluding carboxylic acids is 1. The second kappa shape index (κ2) is 8.53. The van der Waals surface area contributed by atoms with E-state index in [-0.39, 0.29) is 29.9 Å². The van der Waals surface area contributed by atoms with Crippen LogP contribution >= 0.6 is 0 Å². The topological polar surface area (TPSA) is 75.5 Å². The van der Waals surface area contributed by atoms with Crippen LogP contribution in [-0.2, 0) is 4.79 Å². The number of halogens is 1. The number of carbonyl (C=O) groups is 1. The minimum absolute atomic E-state index is 0.0233. The number of nitrogens with zero attached hydrogens (tertiary/aromatic N) is 2. The van der Waals surface area contributed by atoms with Crippen molar-refractivity contribution in [1.29, 1.82) is 0 Å². The molecule has 0 aliphatic heterocycles. The van der Waals surface area contributed by atoms with Gasteiger partial charge in [0.25, 0.3) is 5.69 Å². The van der Waals surface area contributed by atoms with E-state index in [1.54, 1.807) is 31.2 Å². The highest BCUT2D eigenvalue weighted by atomic mass is 19.1. The van der Waals surface area contributed by atoms with Crippen LogP contribution in [0.2, 0.25) is 0 Å². The number of anilines is 1. The average Bonchev–Trinajstić information content (AvgIpc) is 2.61. The van der Waals surface area contributed by atoms with Crippen LogP contribution in [0.3, 0.4) is 0 Å². The molecule has 138 valence electrons. The Hall–Kier alpha value is -2.80. The molecule has 2 aromatic rings. The quantitative estimate of drug-likeness (QED) is 0.597. The van der Waals surface area contributed by atoms with Gasteiger partial charge in [-0.05, 0) is 44.7 Å². The van der Waals surface area contributed by atoms with E-state index in [0.29, 0.717) is 17.8 Å². The van der Waals surface area contributed by atoms with Gasteiger partial charge in [0.05, 0.1) is 16.2 Å². The molecule has 0 aromatic heterocycles. The molecule has 0 bridgehead atoms. The summed E-state index contributed by atoms with van der Waals surface area (Å²) in [6, 6.07) is 10.9. The molecule has 1 unspecified atom stereocenters. The fraction of sp³-hybridized carbons (Fsp3) is 0.316. The molecule has 0 fully saturated rings. The van der Waals surface area contributed by atoms with Crippen LogP contribution < -0.4 is 5.32 Å². The summed E-state index contributed by atoms with van der Waals surface area (Å²) in [4.78, 5) is 24.7.